The quantitative estimate of drug-likeness (QED) is 0.727. The Balaban J connectivity index is 1.64. The summed E-state index contributed by atoms with van der Waals surface area (Å²) in [6, 6.07) is 18.7. The molecule has 0 bridgehead atoms. The van der Waals surface area contributed by atoms with Gasteiger partial charge in [-0.05, 0) is 55.5 Å². The van der Waals surface area contributed by atoms with Crippen molar-refractivity contribution in [2.24, 2.45) is 0 Å². The summed E-state index contributed by atoms with van der Waals surface area (Å²) in [6.45, 7) is 2.04. The Labute approximate surface area is 146 Å². The van der Waals surface area contributed by atoms with Crippen molar-refractivity contribution in [2.75, 3.05) is 17.7 Å². The van der Waals surface area contributed by atoms with Gasteiger partial charge in [0.05, 0.1) is 19.0 Å². The number of aryl methyl sites for hydroxylation is 1. The largest absolute Gasteiger partial charge is 0.497 e. The lowest BCUT2D eigenvalue weighted by Gasteiger charge is -2.08. The van der Waals surface area contributed by atoms with E-state index in [1.54, 1.807) is 43.6 Å². The maximum atomic E-state index is 12.3. The average molecular weight is 333 g/mol. The fourth-order valence-electron chi connectivity index (χ4n) is 2.28. The van der Waals surface area contributed by atoms with E-state index in [0.717, 1.165) is 17.1 Å². The molecule has 5 heteroatoms. The van der Waals surface area contributed by atoms with Gasteiger partial charge >= 0.3 is 0 Å². The van der Waals surface area contributed by atoms with Crippen LogP contribution in [-0.4, -0.2) is 18.0 Å². The number of nitrogens with zero attached hydrogens (tertiary/aromatic N) is 1. The van der Waals surface area contributed by atoms with Gasteiger partial charge in [-0.25, -0.2) is 4.98 Å². The summed E-state index contributed by atoms with van der Waals surface area (Å²) in [5.74, 6) is 0.481. The van der Waals surface area contributed by atoms with Crippen LogP contribution in [0.2, 0.25) is 0 Å². The molecule has 1 aromatic heterocycles. The number of nitrogens with one attached hydrogen (secondary N) is 2. The molecule has 0 atom stereocenters. The number of carbonyl (C=O) groups excluding carboxylic acids is 1. The van der Waals surface area contributed by atoms with Crippen LogP contribution in [0.15, 0.2) is 66.9 Å². The molecule has 0 radical (unpaired) electrons. The van der Waals surface area contributed by atoms with Gasteiger partial charge in [-0.15, -0.1) is 0 Å². The molecular formula is C20H19N3O2. The minimum Gasteiger partial charge on any atom is -0.497 e. The molecule has 0 saturated carbocycles. The number of ether oxygens (including phenoxy) is 1. The first kappa shape index (κ1) is 16.5. The van der Waals surface area contributed by atoms with Gasteiger partial charge in [0.15, 0.2) is 0 Å². The molecule has 5 nitrogen and oxygen atoms in total. The fraction of sp³-hybridized carbons (Fsp3) is 0.100. The normalized spacial score (nSPS) is 10.2. The van der Waals surface area contributed by atoms with Crippen LogP contribution in [0.25, 0.3) is 0 Å². The monoisotopic (exact) mass is 333 g/mol. The standard InChI is InChI=1S/C20H19N3O2/c1-14-3-5-15(6-4-14)22-17-9-12-19(21-13-17)20(24)23-16-7-10-18(25-2)11-8-16/h3-13,22H,1-2H3,(H,23,24). The second kappa shape index (κ2) is 7.49. The van der Waals surface area contributed by atoms with Crippen molar-refractivity contribution in [1.82, 2.24) is 4.98 Å². The number of amides is 1. The Morgan fingerprint density at radius 1 is 0.880 bits per heavy atom. The highest BCUT2D eigenvalue weighted by atomic mass is 16.5. The number of carbonyl (C=O) groups is 1. The summed E-state index contributed by atoms with van der Waals surface area (Å²) in [7, 11) is 1.60. The zero-order valence-corrected chi connectivity index (χ0v) is 14.1. The van der Waals surface area contributed by atoms with Crippen LogP contribution in [0.1, 0.15) is 16.1 Å². The van der Waals surface area contributed by atoms with Gasteiger partial charge in [0.2, 0.25) is 0 Å². The molecule has 0 spiro atoms. The lowest BCUT2D eigenvalue weighted by Crippen LogP contribution is -2.13. The van der Waals surface area contributed by atoms with Gasteiger partial charge in [-0.2, -0.15) is 0 Å². The topological polar surface area (TPSA) is 63.2 Å². The molecule has 1 heterocycles. The Hall–Kier alpha value is -3.34. The summed E-state index contributed by atoms with van der Waals surface area (Å²) >= 11 is 0. The molecule has 2 aromatic carbocycles. The number of rotatable bonds is 5. The molecule has 25 heavy (non-hydrogen) atoms. The minimum atomic E-state index is -0.257. The van der Waals surface area contributed by atoms with E-state index in [1.807, 2.05) is 37.3 Å². The maximum absolute atomic E-state index is 12.3. The average Bonchev–Trinajstić information content (AvgIpc) is 2.65. The van der Waals surface area contributed by atoms with E-state index in [0.29, 0.717) is 11.4 Å². The molecule has 0 fully saturated rings. The molecule has 126 valence electrons. The van der Waals surface area contributed by atoms with E-state index < -0.39 is 0 Å². The van der Waals surface area contributed by atoms with Crippen LogP contribution < -0.4 is 15.4 Å². The zero-order chi connectivity index (χ0) is 17.6. The fourth-order valence-corrected chi connectivity index (χ4v) is 2.28. The predicted octanol–water partition coefficient (Wildman–Crippen LogP) is 4.39. The zero-order valence-electron chi connectivity index (χ0n) is 14.1. The third-order valence-corrected chi connectivity index (χ3v) is 3.68. The van der Waals surface area contributed by atoms with Crippen LogP contribution in [0, 0.1) is 6.92 Å². The molecule has 0 aliphatic heterocycles. The second-order valence-corrected chi connectivity index (χ2v) is 5.61. The van der Waals surface area contributed by atoms with Gasteiger partial charge in [-0.1, -0.05) is 17.7 Å². The third-order valence-electron chi connectivity index (χ3n) is 3.68. The van der Waals surface area contributed by atoms with E-state index in [2.05, 4.69) is 15.6 Å². The van der Waals surface area contributed by atoms with Crippen LogP contribution in [0.3, 0.4) is 0 Å². The third kappa shape index (κ3) is 4.35. The van der Waals surface area contributed by atoms with Gasteiger partial charge in [-0.3, -0.25) is 4.79 Å². The molecule has 0 aliphatic carbocycles. The first-order valence-corrected chi connectivity index (χ1v) is 7.89. The number of aromatic nitrogens is 1. The van der Waals surface area contributed by atoms with Crippen molar-refractivity contribution < 1.29 is 9.53 Å². The smallest absolute Gasteiger partial charge is 0.274 e. The van der Waals surface area contributed by atoms with Crippen LogP contribution in [0.5, 0.6) is 5.75 Å². The van der Waals surface area contributed by atoms with E-state index in [9.17, 15) is 4.79 Å². The lowest BCUT2D eigenvalue weighted by molar-refractivity contribution is 0.102. The molecule has 2 N–H and O–H groups in total. The SMILES string of the molecule is COc1ccc(NC(=O)c2ccc(Nc3ccc(C)cc3)cn2)cc1. The van der Waals surface area contributed by atoms with Crippen molar-refractivity contribution in [3.63, 3.8) is 0 Å². The number of anilines is 3. The van der Waals surface area contributed by atoms with Gasteiger partial charge < -0.3 is 15.4 Å². The molecule has 3 aromatic rings. The highest BCUT2D eigenvalue weighted by Crippen LogP contribution is 2.18. The summed E-state index contributed by atoms with van der Waals surface area (Å²) in [4.78, 5) is 16.5. The Morgan fingerprint density at radius 3 is 2.12 bits per heavy atom. The highest BCUT2D eigenvalue weighted by molar-refractivity contribution is 6.03. The Kier molecular flexibility index (Phi) is 4.95. The lowest BCUT2D eigenvalue weighted by atomic mass is 10.2. The van der Waals surface area contributed by atoms with Crippen LogP contribution >= 0.6 is 0 Å². The van der Waals surface area contributed by atoms with Crippen LogP contribution in [-0.2, 0) is 0 Å². The number of hydrogen-bond donors (Lipinski definition) is 2. The second-order valence-electron chi connectivity index (χ2n) is 5.61. The van der Waals surface area contributed by atoms with E-state index in [-0.39, 0.29) is 5.91 Å². The van der Waals surface area contributed by atoms with Crippen molar-refractivity contribution >= 4 is 23.0 Å². The van der Waals surface area contributed by atoms with E-state index in [1.165, 1.54) is 5.56 Å². The number of methoxy groups -OCH3 is 1. The van der Waals surface area contributed by atoms with Crippen LogP contribution in [0.4, 0.5) is 17.1 Å². The summed E-state index contributed by atoms with van der Waals surface area (Å²) in [5.41, 5.74) is 4.04. The first-order valence-electron chi connectivity index (χ1n) is 7.89. The molecule has 1 amide bonds. The molecular weight excluding hydrogens is 314 g/mol. The van der Waals surface area contributed by atoms with Gasteiger partial charge in [0.25, 0.3) is 5.91 Å². The number of pyridine rings is 1. The van der Waals surface area contributed by atoms with Crippen molar-refractivity contribution in [1.29, 1.82) is 0 Å². The van der Waals surface area contributed by atoms with Gasteiger partial charge in [0.1, 0.15) is 11.4 Å². The highest BCUT2D eigenvalue weighted by Gasteiger charge is 2.08. The van der Waals surface area contributed by atoms with Crippen molar-refractivity contribution in [3.8, 4) is 5.75 Å². The maximum Gasteiger partial charge on any atom is 0.274 e. The number of hydrogen-bond acceptors (Lipinski definition) is 4. The molecule has 3 rings (SSSR count). The number of benzene rings is 2. The first-order chi connectivity index (χ1) is 12.1. The van der Waals surface area contributed by atoms with E-state index >= 15 is 0 Å². The molecule has 0 unspecified atom stereocenters. The Bertz CT molecular complexity index is 842. The molecule has 0 aliphatic rings. The predicted molar refractivity (Wildman–Crippen MR) is 99.6 cm³/mol. The minimum absolute atomic E-state index is 0.257. The van der Waals surface area contributed by atoms with Crippen molar-refractivity contribution in [2.45, 2.75) is 6.92 Å². The Morgan fingerprint density at radius 2 is 1.52 bits per heavy atom. The summed E-state index contributed by atoms with van der Waals surface area (Å²) in [5, 5.41) is 6.06. The summed E-state index contributed by atoms with van der Waals surface area (Å²) in [6.07, 6.45) is 1.64. The van der Waals surface area contributed by atoms with E-state index in [4.69, 9.17) is 4.74 Å². The summed E-state index contributed by atoms with van der Waals surface area (Å²) < 4.78 is 5.10. The van der Waals surface area contributed by atoms with Crippen molar-refractivity contribution in [3.05, 3.63) is 78.1 Å². The van der Waals surface area contributed by atoms with Gasteiger partial charge in [0, 0.05) is 11.4 Å². The molecule has 0 saturated heterocycles.